The standard InChI is InChI=1S/C15H12BrFO/c1-10(16)15(18)13-4-2-11(3-5-13)12-6-8-14(17)9-7-12/h2-10H,1H3. The fourth-order valence-electron chi connectivity index (χ4n) is 1.70. The summed E-state index contributed by atoms with van der Waals surface area (Å²) in [5.41, 5.74) is 2.57. The van der Waals surface area contributed by atoms with Crippen molar-refractivity contribution in [2.45, 2.75) is 11.8 Å². The van der Waals surface area contributed by atoms with E-state index in [0.29, 0.717) is 5.56 Å². The molecule has 3 heteroatoms. The molecule has 0 aromatic heterocycles. The largest absolute Gasteiger partial charge is 0.293 e. The van der Waals surface area contributed by atoms with Gasteiger partial charge in [-0.1, -0.05) is 52.3 Å². The Labute approximate surface area is 114 Å². The molecule has 2 aromatic rings. The van der Waals surface area contributed by atoms with Crippen LogP contribution in [0.25, 0.3) is 11.1 Å². The Balaban J connectivity index is 2.27. The summed E-state index contributed by atoms with van der Waals surface area (Å²) in [7, 11) is 0. The van der Waals surface area contributed by atoms with Crippen LogP contribution in [0.5, 0.6) is 0 Å². The third kappa shape index (κ3) is 2.85. The first-order valence-corrected chi connectivity index (χ1v) is 6.54. The minimum atomic E-state index is -0.251. The molecule has 0 aliphatic carbocycles. The lowest BCUT2D eigenvalue weighted by Crippen LogP contribution is -2.09. The van der Waals surface area contributed by atoms with Gasteiger partial charge in [0.25, 0.3) is 0 Å². The third-order valence-corrected chi connectivity index (χ3v) is 3.12. The van der Waals surface area contributed by atoms with Gasteiger partial charge in [0.2, 0.25) is 0 Å². The number of hydrogen-bond donors (Lipinski definition) is 0. The Morgan fingerprint density at radius 2 is 1.44 bits per heavy atom. The molecule has 2 aromatic carbocycles. The molecular formula is C15H12BrFO. The van der Waals surface area contributed by atoms with Gasteiger partial charge >= 0.3 is 0 Å². The van der Waals surface area contributed by atoms with Crippen LogP contribution in [0.2, 0.25) is 0 Å². The number of carbonyl (C=O) groups excluding carboxylic acids is 1. The molecule has 92 valence electrons. The number of carbonyl (C=O) groups is 1. The van der Waals surface area contributed by atoms with Crippen LogP contribution in [-0.4, -0.2) is 10.6 Å². The van der Waals surface area contributed by atoms with E-state index >= 15 is 0 Å². The van der Waals surface area contributed by atoms with Gasteiger partial charge in [0.1, 0.15) is 5.82 Å². The van der Waals surface area contributed by atoms with Crippen LogP contribution in [0.15, 0.2) is 48.5 Å². The molecule has 18 heavy (non-hydrogen) atoms. The maximum absolute atomic E-state index is 12.8. The summed E-state index contributed by atoms with van der Waals surface area (Å²) in [6.07, 6.45) is 0. The van der Waals surface area contributed by atoms with Crippen molar-refractivity contribution in [3.05, 3.63) is 59.9 Å². The smallest absolute Gasteiger partial charge is 0.176 e. The van der Waals surface area contributed by atoms with E-state index in [1.165, 1.54) is 12.1 Å². The lowest BCUT2D eigenvalue weighted by Gasteiger charge is -2.05. The van der Waals surface area contributed by atoms with Crippen LogP contribution >= 0.6 is 15.9 Å². The van der Waals surface area contributed by atoms with E-state index in [1.807, 2.05) is 12.1 Å². The van der Waals surface area contributed by atoms with Crippen molar-refractivity contribution in [2.75, 3.05) is 0 Å². The van der Waals surface area contributed by atoms with Crippen molar-refractivity contribution >= 4 is 21.7 Å². The van der Waals surface area contributed by atoms with Gasteiger partial charge in [-0.2, -0.15) is 0 Å². The second-order valence-corrected chi connectivity index (χ2v) is 5.44. The second-order valence-electron chi connectivity index (χ2n) is 4.06. The monoisotopic (exact) mass is 306 g/mol. The lowest BCUT2D eigenvalue weighted by molar-refractivity contribution is 0.0996. The number of hydrogen-bond acceptors (Lipinski definition) is 1. The number of benzene rings is 2. The first-order chi connectivity index (χ1) is 8.58. The maximum atomic E-state index is 12.8. The van der Waals surface area contributed by atoms with Crippen LogP contribution < -0.4 is 0 Å². The molecule has 0 bridgehead atoms. The van der Waals surface area contributed by atoms with Gasteiger partial charge in [0, 0.05) is 5.56 Å². The summed E-state index contributed by atoms with van der Waals surface area (Å²) in [5, 5.41) is 0. The van der Waals surface area contributed by atoms with Gasteiger partial charge in [0.05, 0.1) is 4.83 Å². The normalized spacial score (nSPS) is 12.2. The molecule has 0 saturated heterocycles. The average Bonchev–Trinajstić information content (AvgIpc) is 2.39. The Kier molecular flexibility index (Phi) is 3.92. The lowest BCUT2D eigenvalue weighted by atomic mass is 10.0. The van der Waals surface area contributed by atoms with E-state index in [9.17, 15) is 9.18 Å². The van der Waals surface area contributed by atoms with Gasteiger partial charge in [-0.15, -0.1) is 0 Å². The van der Waals surface area contributed by atoms with Crippen LogP contribution in [0.1, 0.15) is 17.3 Å². The van der Waals surface area contributed by atoms with E-state index in [4.69, 9.17) is 0 Å². The predicted octanol–water partition coefficient (Wildman–Crippen LogP) is 4.46. The molecule has 0 aliphatic rings. The molecule has 1 atom stereocenters. The highest BCUT2D eigenvalue weighted by atomic mass is 79.9. The molecule has 0 heterocycles. The first kappa shape index (κ1) is 13.0. The highest BCUT2D eigenvalue weighted by Crippen LogP contribution is 2.21. The van der Waals surface area contributed by atoms with Gasteiger partial charge in [0.15, 0.2) is 5.78 Å². The van der Waals surface area contributed by atoms with E-state index in [2.05, 4.69) is 15.9 Å². The van der Waals surface area contributed by atoms with E-state index in [1.54, 1.807) is 31.2 Å². The molecular weight excluding hydrogens is 295 g/mol. The van der Waals surface area contributed by atoms with Crippen molar-refractivity contribution in [3.63, 3.8) is 0 Å². The molecule has 0 N–H and O–H groups in total. The topological polar surface area (TPSA) is 17.1 Å². The molecule has 0 amide bonds. The number of rotatable bonds is 3. The van der Waals surface area contributed by atoms with Crippen LogP contribution in [-0.2, 0) is 0 Å². The SMILES string of the molecule is CC(Br)C(=O)c1ccc(-c2ccc(F)cc2)cc1. The minimum absolute atomic E-state index is 0.0562. The summed E-state index contributed by atoms with van der Waals surface area (Å²) in [4.78, 5) is 11.6. The van der Waals surface area contributed by atoms with Crippen molar-refractivity contribution in [3.8, 4) is 11.1 Å². The Morgan fingerprint density at radius 1 is 1.00 bits per heavy atom. The van der Waals surface area contributed by atoms with Gasteiger partial charge in [-0.25, -0.2) is 4.39 Å². The van der Waals surface area contributed by atoms with Crippen LogP contribution in [0.3, 0.4) is 0 Å². The Bertz CT molecular complexity index is 544. The quantitative estimate of drug-likeness (QED) is 0.604. The molecule has 0 saturated carbocycles. The molecule has 0 aliphatic heterocycles. The number of halogens is 2. The molecule has 1 nitrogen and oxygen atoms in total. The molecule has 0 radical (unpaired) electrons. The summed E-state index contributed by atoms with van der Waals surface area (Å²) in [6, 6.07) is 13.6. The predicted molar refractivity (Wildman–Crippen MR) is 74.6 cm³/mol. The zero-order valence-electron chi connectivity index (χ0n) is 9.86. The average molecular weight is 307 g/mol. The molecule has 0 fully saturated rings. The minimum Gasteiger partial charge on any atom is -0.293 e. The van der Waals surface area contributed by atoms with Crippen molar-refractivity contribution in [1.29, 1.82) is 0 Å². The van der Waals surface area contributed by atoms with Crippen molar-refractivity contribution in [2.24, 2.45) is 0 Å². The summed E-state index contributed by atoms with van der Waals surface area (Å²) >= 11 is 3.26. The van der Waals surface area contributed by atoms with Crippen molar-refractivity contribution < 1.29 is 9.18 Å². The van der Waals surface area contributed by atoms with Crippen molar-refractivity contribution in [1.82, 2.24) is 0 Å². The fourth-order valence-corrected chi connectivity index (χ4v) is 1.96. The van der Waals surface area contributed by atoms with E-state index < -0.39 is 0 Å². The highest BCUT2D eigenvalue weighted by Gasteiger charge is 2.11. The van der Waals surface area contributed by atoms with Crippen LogP contribution in [0, 0.1) is 5.82 Å². The zero-order chi connectivity index (χ0) is 13.1. The van der Waals surface area contributed by atoms with Crippen LogP contribution in [0.4, 0.5) is 4.39 Å². The fraction of sp³-hybridized carbons (Fsp3) is 0.133. The van der Waals surface area contributed by atoms with E-state index in [-0.39, 0.29) is 16.4 Å². The number of alkyl halides is 1. The number of ketones is 1. The first-order valence-electron chi connectivity index (χ1n) is 5.62. The summed E-state index contributed by atoms with van der Waals surface area (Å²) in [5.74, 6) is -0.195. The maximum Gasteiger partial charge on any atom is 0.176 e. The Morgan fingerprint density at radius 3 is 1.89 bits per heavy atom. The second kappa shape index (κ2) is 5.44. The molecule has 1 unspecified atom stereocenters. The molecule has 0 spiro atoms. The summed E-state index contributed by atoms with van der Waals surface area (Å²) in [6.45, 7) is 1.80. The third-order valence-electron chi connectivity index (χ3n) is 2.71. The Hall–Kier alpha value is -1.48. The number of Topliss-reactive ketones (excluding diaryl/α,β-unsaturated/α-hetero) is 1. The molecule has 2 rings (SSSR count). The van der Waals surface area contributed by atoms with Gasteiger partial charge in [-0.3, -0.25) is 4.79 Å². The van der Waals surface area contributed by atoms with E-state index in [0.717, 1.165) is 11.1 Å². The zero-order valence-corrected chi connectivity index (χ0v) is 11.4. The highest BCUT2D eigenvalue weighted by molar-refractivity contribution is 9.10. The summed E-state index contributed by atoms with van der Waals surface area (Å²) < 4.78 is 12.8. The van der Waals surface area contributed by atoms with Gasteiger partial charge < -0.3 is 0 Å². The van der Waals surface area contributed by atoms with Gasteiger partial charge in [-0.05, 0) is 30.2 Å².